The summed E-state index contributed by atoms with van der Waals surface area (Å²) >= 11 is 0. The second kappa shape index (κ2) is 7.83. The lowest BCUT2D eigenvalue weighted by Gasteiger charge is -2.19. The Bertz CT molecular complexity index is 429. The Morgan fingerprint density at radius 1 is 0.950 bits per heavy atom. The van der Waals surface area contributed by atoms with Gasteiger partial charge in [0.05, 0.1) is 0 Å². The smallest absolute Gasteiger partial charge is 0.306 e. The zero-order chi connectivity index (χ0) is 15.0. The Morgan fingerprint density at radius 3 is 2.15 bits per heavy atom. The first-order valence-electron chi connectivity index (χ1n) is 7.18. The zero-order valence-corrected chi connectivity index (χ0v) is 12.6. The van der Waals surface area contributed by atoms with Crippen LogP contribution in [0.15, 0.2) is 30.3 Å². The number of Topliss-reactive ketones (excluding diaryl/α,β-unsaturated/α-hetero) is 1. The summed E-state index contributed by atoms with van der Waals surface area (Å²) in [5.74, 6) is 0.00903. The molecule has 3 heteroatoms. The summed E-state index contributed by atoms with van der Waals surface area (Å²) in [5.41, 5.74) is 0.347. The fraction of sp³-hybridized carbons (Fsp3) is 0.529. The van der Waals surface area contributed by atoms with Crippen LogP contribution in [0.5, 0.6) is 0 Å². The van der Waals surface area contributed by atoms with Crippen LogP contribution in [0, 0.1) is 0 Å². The molecule has 0 bridgehead atoms. The fourth-order valence-corrected chi connectivity index (χ4v) is 1.89. The molecule has 0 aliphatic heterocycles. The van der Waals surface area contributed by atoms with E-state index in [0.29, 0.717) is 12.8 Å². The molecule has 0 aliphatic rings. The van der Waals surface area contributed by atoms with Gasteiger partial charge in [-0.3, -0.25) is 9.59 Å². The van der Waals surface area contributed by atoms with Gasteiger partial charge in [-0.05, 0) is 33.6 Å². The lowest BCUT2D eigenvalue weighted by molar-refractivity contribution is -0.154. The molecular weight excluding hydrogens is 252 g/mol. The summed E-state index contributed by atoms with van der Waals surface area (Å²) in [6.07, 6.45) is 3.43. The minimum Gasteiger partial charge on any atom is -0.460 e. The summed E-state index contributed by atoms with van der Waals surface area (Å²) in [5, 5.41) is 0. The van der Waals surface area contributed by atoms with Crippen molar-refractivity contribution in [3.05, 3.63) is 35.9 Å². The van der Waals surface area contributed by atoms with Crippen LogP contribution >= 0.6 is 0 Å². The van der Waals surface area contributed by atoms with Crippen LogP contribution in [0.25, 0.3) is 0 Å². The second-order valence-corrected chi connectivity index (χ2v) is 5.94. The SMILES string of the molecule is CC(C)(C)OC(=O)CCCCCC(=O)c1ccccc1. The molecule has 1 aromatic carbocycles. The highest BCUT2D eigenvalue weighted by atomic mass is 16.6. The number of unbranched alkanes of at least 4 members (excludes halogenated alkanes) is 2. The summed E-state index contributed by atoms with van der Waals surface area (Å²) in [7, 11) is 0. The molecule has 0 saturated carbocycles. The van der Waals surface area contributed by atoms with Gasteiger partial charge in [0.2, 0.25) is 0 Å². The van der Waals surface area contributed by atoms with E-state index in [1.807, 2.05) is 51.1 Å². The first-order valence-corrected chi connectivity index (χ1v) is 7.18. The van der Waals surface area contributed by atoms with E-state index in [0.717, 1.165) is 24.8 Å². The molecule has 0 spiro atoms. The Morgan fingerprint density at radius 2 is 1.55 bits per heavy atom. The molecule has 0 aromatic heterocycles. The molecule has 0 atom stereocenters. The first kappa shape index (κ1) is 16.4. The molecule has 20 heavy (non-hydrogen) atoms. The van der Waals surface area contributed by atoms with Crippen LogP contribution in [-0.4, -0.2) is 17.4 Å². The summed E-state index contributed by atoms with van der Waals surface area (Å²) in [4.78, 5) is 23.3. The zero-order valence-electron chi connectivity index (χ0n) is 12.6. The highest BCUT2D eigenvalue weighted by Crippen LogP contribution is 2.12. The van der Waals surface area contributed by atoms with E-state index in [1.165, 1.54) is 0 Å². The minimum absolute atomic E-state index is 0.160. The highest BCUT2D eigenvalue weighted by Gasteiger charge is 2.15. The third kappa shape index (κ3) is 7.07. The lowest BCUT2D eigenvalue weighted by Crippen LogP contribution is -2.23. The predicted molar refractivity (Wildman–Crippen MR) is 79.7 cm³/mol. The second-order valence-electron chi connectivity index (χ2n) is 5.94. The number of ether oxygens (including phenoxy) is 1. The number of carbonyl (C=O) groups excluding carboxylic acids is 2. The average Bonchev–Trinajstić information content (AvgIpc) is 2.37. The van der Waals surface area contributed by atoms with E-state index >= 15 is 0 Å². The number of rotatable bonds is 7. The third-order valence-corrected chi connectivity index (χ3v) is 2.80. The molecule has 0 heterocycles. The first-order chi connectivity index (χ1) is 9.38. The van der Waals surface area contributed by atoms with E-state index in [9.17, 15) is 9.59 Å². The van der Waals surface area contributed by atoms with Crippen molar-refractivity contribution in [2.45, 2.75) is 58.5 Å². The molecule has 0 saturated heterocycles. The van der Waals surface area contributed by atoms with Crippen molar-refractivity contribution in [1.82, 2.24) is 0 Å². The van der Waals surface area contributed by atoms with Crippen LogP contribution in [0.3, 0.4) is 0 Å². The standard InChI is InChI=1S/C17H24O3/c1-17(2,3)20-16(19)13-9-5-8-12-15(18)14-10-6-4-7-11-14/h4,6-7,10-11H,5,8-9,12-13H2,1-3H3. The average molecular weight is 276 g/mol. The summed E-state index contributed by atoms with van der Waals surface area (Å²) < 4.78 is 5.23. The molecule has 0 N–H and O–H groups in total. The van der Waals surface area contributed by atoms with Gasteiger partial charge in [-0.1, -0.05) is 36.8 Å². The van der Waals surface area contributed by atoms with Crippen molar-refractivity contribution < 1.29 is 14.3 Å². The highest BCUT2D eigenvalue weighted by molar-refractivity contribution is 5.95. The van der Waals surface area contributed by atoms with Crippen LogP contribution in [-0.2, 0) is 9.53 Å². The summed E-state index contributed by atoms with van der Waals surface area (Å²) in [6, 6.07) is 9.31. The van der Waals surface area contributed by atoms with Gasteiger partial charge >= 0.3 is 5.97 Å². The maximum atomic E-state index is 11.8. The molecular formula is C17H24O3. The third-order valence-electron chi connectivity index (χ3n) is 2.80. The molecule has 110 valence electrons. The Kier molecular flexibility index (Phi) is 6.43. The van der Waals surface area contributed by atoms with Crippen molar-refractivity contribution >= 4 is 11.8 Å². The van der Waals surface area contributed by atoms with Crippen molar-refractivity contribution in [2.75, 3.05) is 0 Å². The number of carbonyl (C=O) groups is 2. The molecule has 1 rings (SSSR count). The van der Waals surface area contributed by atoms with E-state index in [1.54, 1.807) is 0 Å². The van der Waals surface area contributed by atoms with E-state index in [2.05, 4.69) is 0 Å². The van der Waals surface area contributed by atoms with E-state index in [4.69, 9.17) is 4.74 Å². The molecule has 0 fully saturated rings. The predicted octanol–water partition coefficient (Wildman–Crippen LogP) is 4.16. The van der Waals surface area contributed by atoms with Crippen LogP contribution in [0.2, 0.25) is 0 Å². The number of benzene rings is 1. The Hall–Kier alpha value is -1.64. The maximum absolute atomic E-state index is 11.8. The molecule has 3 nitrogen and oxygen atoms in total. The molecule has 0 aliphatic carbocycles. The van der Waals surface area contributed by atoms with Gasteiger partial charge in [0.25, 0.3) is 0 Å². The monoisotopic (exact) mass is 276 g/mol. The Labute approximate surface area is 121 Å². The van der Waals surface area contributed by atoms with E-state index in [-0.39, 0.29) is 11.8 Å². The van der Waals surface area contributed by atoms with Gasteiger partial charge in [-0.25, -0.2) is 0 Å². The minimum atomic E-state index is -0.416. The molecule has 0 amide bonds. The number of ketones is 1. The number of hydrogen-bond acceptors (Lipinski definition) is 3. The van der Waals surface area contributed by atoms with Gasteiger partial charge in [0.1, 0.15) is 5.60 Å². The van der Waals surface area contributed by atoms with Gasteiger partial charge < -0.3 is 4.74 Å². The van der Waals surface area contributed by atoms with Crippen LogP contribution in [0.4, 0.5) is 0 Å². The topological polar surface area (TPSA) is 43.4 Å². The van der Waals surface area contributed by atoms with Crippen LogP contribution < -0.4 is 0 Å². The molecule has 1 aromatic rings. The van der Waals surface area contributed by atoms with Gasteiger partial charge in [-0.2, -0.15) is 0 Å². The van der Waals surface area contributed by atoms with Gasteiger partial charge in [0.15, 0.2) is 5.78 Å². The fourth-order valence-electron chi connectivity index (χ4n) is 1.89. The van der Waals surface area contributed by atoms with Crippen molar-refractivity contribution in [1.29, 1.82) is 0 Å². The van der Waals surface area contributed by atoms with Gasteiger partial charge in [0, 0.05) is 18.4 Å². The van der Waals surface area contributed by atoms with Gasteiger partial charge in [-0.15, -0.1) is 0 Å². The normalized spacial score (nSPS) is 11.2. The van der Waals surface area contributed by atoms with Crippen molar-refractivity contribution in [2.24, 2.45) is 0 Å². The molecule has 0 radical (unpaired) electrons. The summed E-state index contributed by atoms with van der Waals surface area (Å²) in [6.45, 7) is 5.59. The number of hydrogen-bond donors (Lipinski definition) is 0. The Balaban J connectivity index is 2.14. The van der Waals surface area contributed by atoms with Crippen molar-refractivity contribution in [3.8, 4) is 0 Å². The molecule has 0 unspecified atom stereocenters. The largest absolute Gasteiger partial charge is 0.460 e. The quantitative estimate of drug-likeness (QED) is 0.426. The lowest BCUT2D eigenvalue weighted by atomic mass is 10.0. The van der Waals surface area contributed by atoms with E-state index < -0.39 is 5.60 Å². The number of esters is 1. The van der Waals surface area contributed by atoms with Crippen LogP contribution in [0.1, 0.15) is 63.2 Å². The maximum Gasteiger partial charge on any atom is 0.306 e. The van der Waals surface area contributed by atoms with Crippen molar-refractivity contribution in [3.63, 3.8) is 0 Å².